The molecule has 0 aliphatic heterocycles. The molecule has 1 rings (SSSR count). The lowest BCUT2D eigenvalue weighted by atomic mass is 9.88. The second kappa shape index (κ2) is 5.92. The van der Waals surface area contributed by atoms with Crippen molar-refractivity contribution in [3.05, 3.63) is 0 Å². The summed E-state index contributed by atoms with van der Waals surface area (Å²) in [6.45, 7) is 16.9. The van der Waals surface area contributed by atoms with Gasteiger partial charge in [-0.05, 0) is 60.9 Å². The first kappa shape index (κ1) is 16.0. The van der Waals surface area contributed by atoms with Gasteiger partial charge in [-0.25, -0.2) is 0 Å². The molecule has 2 nitrogen and oxygen atoms in total. The van der Waals surface area contributed by atoms with Crippen molar-refractivity contribution in [3.63, 3.8) is 0 Å². The van der Waals surface area contributed by atoms with Gasteiger partial charge >= 0.3 is 0 Å². The molecule has 0 aromatic carbocycles. The first-order valence-corrected chi connectivity index (χ1v) is 7.59. The van der Waals surface area contributed by atoms with Gasteiger partial charge in [0.15, 0.2) is 0 Å². The summed E-state index contributed by atoms with van der Waals surface area (Å²) in [5.74, 6) is 0. The van der Waals surface area contributed by atoms with Crippen molar-refractivity contribution < 1.29 is 4.74 Å². The normalized spacial score (nSPS) is 26.7. The molecule has 1 saturated carbocycles. The van der Waals surface area contributed by atoms with Crippen LogP contribution in [0.1, 0.15) is 74.1 Å². The Morgan fingerprint density at radius 3 is 2.00 bits per heavy atom. The van der Waals surface area contributed by atoms with Crippen LogP contribution in [-0.4, -0.2) is 34.7 Å². The van der Waals surface area contributed by atoms with E-state index in [1.54, 1.807) is 0 Å². The number of rotatable bonds is 3. The molecule has 0 saturated heterocycles. The minimum absolute atomic E-state index is 0.0302. The van der Waals surface area contributed by atoms with E-state index in [1.165, 1.54) is 25.7 Å². The fourth-order valence-electron chi connectivity index (χ4n) is 3.23. The second-order valence-electron chi connectivity index (χ2n) is 7.58. The summed E-state index contributed by atoms with van der Waals surface area (Å²) in [6, 6.07) is 0.586. The standard InChI is InChI=1S/C16H33NO/c1-8-17(15(2,3)4)13-11-9-10-12-14(13)18-16(5,6)7/h13-14H,8-12H2,1-7H3. The van der Waals surface area contributed by atoms with E-state index in [4.69, 9.17) is 4.74 Å². The van der Waals surface area contributed by atoms with Crippen molar-refractivity contribution in [2.45, 2.75) is 97.4 Å². The van der Waals surface area contributed by atoms with Gasteiger partial charge in [0.1, 0.15) is 0 Å². The van der Waals surface area contributed by atoms with E-state index < -0.39 is 0 Å². The van der Waals surface area contributed by atoms with Gasteiger partial charge in [0.25, 0.3) is 0 Å². The lowest BCUT2D eigenvalue weighted by Crippen LogP contribution is -2.55. The van der Waals surface area contributed by atoms with Crippen molar-refractivity contribution in [2.24, 2.45) is 0 Å². The van der Waals surface area contributed by atoms with Crippen molar-refractivity contribution in [1.82, 2.24) is 4.90 Å². The van der Waals surface area contributed by atoms with E-state index in [0.717, 1.165) is 6.54 Å². The zero-order valence-electron chi connectivity index (χ0n) is 13.5. The molecule has 108 valence electrons. The maximum Gasteiger partial charge on any atom is 0.0737 e. The van der Waals surface area contributed by atoms with Crippen LogP contribution in [0.2, 0.25) is 0 Å². The van der Waals surface area contributed by atoms with Gasteiger partial charge in [-0.15, -0.1) is 0 Å². The number of likely N-dealkylation sites (N-methyl/N-ethyl adjacent to an activating group) is 1. The van der Waals surface area contributed by atoms with E-state index in [-0.39, 0.29) is 11.1 Å². The lowest BCUT2D eigenvalue weighted by molar-refractivity contribution is -0.121. The van der Waals surface area contributed by atoms with Gasteiger partial charge in [0, 0.05) is 11.6 Å². The van der Waals surface area contributed by atoms with Crippen LogP contribution in [0.25, 0.3) is 0 Å². The van der Waals surface area contributed by atoms with Crippen LogP contribution in [0.15, 0.2) is 0 Å². The molecule has 0 aromatic heterocycles. The van der Waals surface area contributed by atoms with Gasteiger partial charge < -0.3 is 4.74 Å². The molecule has 1 fully saturated rings. The highest BCUT2D eigenvalue weighted by Crippen LogP contribution is 2.32. The minimum Gasteiger partial charge on any atom is -0.371 e. The number of ether oxygens (including phenoxy) is 1. The van der Waals surface area contributed by atoms with Crippen molar-refractivity contribution in [3.8, 4) is 0 Å². The first-order valence-electron chi connectivity index (χ1n) is 7.59. The summed E-state index contributed by atoms with van der Waals surface area (Å²) in [5.41, 5.74) is 0.202. The third-order valence-corrected chi connectivity index (χ3v) is 3.78. The highest BCUT2D eigenvalue weighted by molar-refractivity contribution is 4.90. The van der Waals surface area contributed by atoms with Gasteiger partial charge in [0.05, 0.1) is 11.7 Å². The molecule has 1 aliphatic carbocycles. The average molecular weight is 255 g/mol. The Balaban J connectivity index is 2.81. The number of nitrogens with zero attached hydrogens (tertiary/aromatic N) is 1. The second-order valence-corrected chi connectivity index (χ2v) is 7.58. The van der Waals surface area contributed by atoms with Crippen LogP contribution < -0.4 is 0 Å². The molecule has 0 heterocycles. The molecular formula is C16H33NO. The summed E-state index contributed by atoms with van der Waals surface area (Å²) in [5, 5.41) is 0. The van der Waals surface area contributed by atoms with E-state index in [2.05, 4.69) is 53.4 Å². The molecule has 0 bridgehead atoms. The molecular weight excluding hydrogens is 222 g/mol. The Hall–Kier alpha value is -0.0800. The predicted octanol–water partition coefficient (Wildman–Crippen LogP) is 4.23. The molecule has 0 amide bonds. The minimum atomic E-state index is -0.0302. The van der Waals surface area contributed by atoms with E-state index in [9.17, 15) is 0 Å². The number of hydrogen-bond acceptors (Lipinski definition) is 2. The van der Waals surface area contributed by atoms with Crippen LogP contribution in [0.5, 0.6) is 0 Å². The Morgan fingerprint density at radius 2 is 1.56 bits per heavy atom. The maximum absolute atomic E-state index is 6.33. The fraction of sp³-hybridized carbons (Fsp3) is 1.00. The van der Waals surface area contributed by atoms with Gasteiger partial charge in [-0.1, -0.05) is 19.8 Å². The SMILES string of the molecule is CCN(C1CCCCC1OC(C)(C)C)C(C)(C)C. The fourth-order valence-corrected chi connectivity index (χ4v) is 3.23. The summed E-state index contributed by atoms with van der Waals surface area (Å²) in [4.78, 5) is 2.63. The highest BCUT2D eigenvalue weighted by Gasteiger charge is 2.36. The molecule has 0 aromatic rings. The molecule has 2 heteroatoms. The topological polar surface area (TPSA) is 12.5 Å². The van der Waals surface area contributed by atoms with Crippen molar-refractivity contribution >= 4 is 0 Å². The summed E-state index contributed by atoms with van der Waals surface area (Å²) >= 11 is 0. The van der Waals surface area contributed by atoms with Gasteiger partial charge in [-0.2, -0.15) is 0 Å². The molecule has 18 heavy (non-hydrogen) atoms. The number of hydrogen-bond donors (Lipinski definition) is 0. The smallest absolute Gasteiger partial charge is 0.0737 e. The molecule has 2 unspecified atom stereocenters. The maximum atomic E-state index is 6.33. The third kappa shape index (κ3) is 4.55. The summed E-state index contributed by atoms with van der Waals surface area (Å²) in [6.07, 6.45) is 5.57. The van der Waals surface area contributed by atoms with Crippen molar-refractivity contribution in [2.75, 3.05) is 6.54 Å². The largest absolute Gasteiger partial charge is 0.371 e. The zero-order valence-corrected chi connectivity index (χ0v) is 13.5. The lowest BCUT2D eigenvalue weighted by Gasteiger charge is -2.47. The van der Waals surface area contributed by atoms with Gasteiger partial charge in [-0.3, -0.25) is 4.90 Å². The average Bonchev–Trinajstić information content (AvgIpc) is 2.17. The Labute approximate surface area is 114 Å². The summed E-state index contributed by atoms with van der Waals surface area (Å²) in [7, 11) is 0. The third-order valence-electron chi connectivity index (χ3n) is 3.78. The summed E-state index contributed by atoms with van der Waals surface area (Å²) < 4.78 is 6.33. The van der Waals surface area contributed by atoms with E-state index >= 15 is 0 Å². The van der Waals surface area contributed by atoms with Crippen molar-refractivity contribution in [1.29, 1.82) is 0 Å². The van der Waals surface area contributed by atoms with Crippen LogP contribution in [-0.2, 0) is 4.74 Å². The predicted molar refractivity (Wildman–Crippen MR) is 79.0 cm³/mol. The zero-order chi connectivity index (χ0) is 14.0. The monoisotopic (exact) mass is 255 g/mol. The van der Waals surface area contributed by atoms with Crippen LogP contribution >= 0.6 is 0 Å². The van der Waals surface area contributed by atoms with Gasteiger partial charge in [0.2, 0.25) is 0 Å². The molecule has 1 aliphatic rings. The highest BCUT2D eigenvalue weighted by atomic mass is 16.5. The van der Waals surface area contributed by atoms with E-state index in [0.29, 0.717) is 12.1 Å². The molecule has 2 atom stereocenters. The van der Waals surface area contributed by atoms with E-state index in [1.807, 2.05) is 0 Å². The van der Waals surface area contributed by atoms with Crippen LogP contribution in [0.3, 0.4) is 0 Å². The molecule has 0 N–H and O–H groups in total. The van der Waals surface area contributed by atoms with Crippen LogP contribution in [0.4, 0.5) is 0 Å². The quantitative estimate of drug-likeness (QED) is 0.748. The van der Waals surface area contributed by atoms with Crippen LogP contribution in [0, 0.1) is 0 Å². The molecule has 0 spiro atoms. The Morgan fingerprint density at radius 1 is 1.00 bits per heavy atom. The Kier molecular flexibility index (Phi) is 5.25. The first-order chi connectivity index (χ1) is 8.15. The Bertz CT molecular complexity index is 249. The molecule has 0 radical (unpaired) electrons.